The Labute approximate surface area is 147 Å². The first-order chi connectivity index (χ1) is 11.8. The highest BCUT2D eigenvalue weighted by atomic mass is 32.1. The minimum absolute atomic E-state index is 0.0179. The number of hydrogen-bond acceptors (Lipinski definition) is 5. The van der Waals surface area contributed by atoms with Gasteiger partial charge in [-0.2, -0.15) is 0 Å². The number of carbonyl (C=O) groups is 1. The van der Waals surface area contributed by atoms with E-state index in [1.165, 1.54) is 56.1 Å². The summed E-state index contributed by atoms with van der Waals surface area (Å²) in [5.41, 5.74) is 0.555. The first-order valence-electron chi connectivity index (χ1n) is 9.00. The number of rotatable bonds is 4. The van der Waals surface area contributed by atoms with Crippen molar-refractivity contribution in [1.82, 2.24) is 9.88 Å². The van der Waals surface area contributed by atoms with Crippen molar-refractivity contribution >= 4 is 28.7 Å². The lowest BCUT2D eigenvalue weighted by Crippen LogP contribution is -2.50. The van der Waals surface area contributed by atoms with E-state index < -0.39 is 0 Å². The molecule has 6 nitrogen and oxygen atoms in total. The van der Waals surface area contributed by atoms with Crippen molar-refractivity contribution in [2.24, 2.45) is 5.16 Å². The van der Waals surface area contributed by atoms with E-state index in [4.69, 9.17) is 5.21 Å². The van der Waals surface area contributed by atoms with Crippen LogP contribution in [0.25, 0.3) is 0 Å². The molecule has 2 fully saturated rings. The lowest BCUT2D eigenvalue weighted by atomic mass is 9.89. The zero-order valence-corrected chi connectivity index (χ0v) is 14.8. The SMILES string of the molecule is O=C(Nc1nc(/C=N\O)cs1)N(C1CCCCC1)C1CCCCC1. The highest BCUT2D eigenvalue weighted by Gasteiger charge is 2.32. The Morgan fingerprint density at radius 2 is 1.75 bits per heavy atom. The highest BCUT2D eigenvalue weighted by molar-refractivity contribution is 7.14. The minimum atomic E-state index is -0.0179. The smallest absolute Gasteiger partial charge is 0.324 e. The van der Waals surface area contributed by atoms with Crippen LogP contribution in [0.4, 0.5) is 9.93 Å². The first kappa shape index (κ1) is 17.2. The van der Waals surface area contributed by atoms with Gasteiger partial charge in [0.15, 0.2) is 5.13 Å². The maximum absolute atomic E-state index is 13.0. The summed E-state index contributed by atoms with van der Waals surface area (Å²) in [7, 11) is 0. The van der Waals surface area contributed by atoms with Crippen LogP contribution in [0.3, 0.4) is 0 Å². The van der Waals surface area contributed by atoms with Crippen LogP contribution in [0, 0.1) is 0 Å². The van der Waals surface area contributed by atoms with E-state index in [-0.39, 0.29) is 6.03 Å². The van der Waals surface area contributed by atoms with Crippen molar-refractivity contribution in [3.63, 3.8) is 0 Å². The molecular formula is C17H26N4O2S. The van der Waals surface area contributed by atoms with Crippen LogP contribution in [0.1, 0.15) is 69.9 Å². The van der Waals surface area contributed by atoms with Crippen LogP contribution in [-0.4, -0.2) is 39.4 Å². The Morgan fingerprint density at radius 3 is 2.29 bits per heavy atom. The molecule has 0 bridgehead atoms. The molecule has 0 atom stereocenters. The van der Waals surface area contributed by atoms with Crippen molar-refractivity contribution in [3.8, 4) is 0 Å². The number of thiazole rings is 1. The van der Waals surface area contributed by atoms with Gasteiger partial charge in [0.1, 0.15) is 0 Å². The van der Waals surface area contributed by atoms with E-state index in [1.54, 1.807) is 5.38 Å². The molecule has 3 rings (SSSR count). The number of nitrogens with one attached hydrogen (secondary N) is 1. The molecule has 2 aliphatic rings. The van der Waals surface area contributed by atoms with E-state index in [0.29, 0.717) is 22.9 Å². The predicted octanol–water partition coefficient (Wildman–Crippen LogP) is 4.45. The van der Waals surface area contributed by atoms with Crippen molar-refractivity contribution in [2.75, 3.05) is 5.32 Å². The summed E-state index contributed by atoms with van der Waals surface area (Å²) in [6.07, 6.45) is 13.2. The summed E-state index contributed by atoms with van der Waals surface area (Å²) in [4.78, 5) is 19.4. The number of hydrogen-bond donors (Lipinski definition) is 2. The third kappa shape index (κ3) is 4.26. The second-order valence-corrected chi connectivity index (χ2v) is 7.60. The Bertz CT molecular complexity index is 545. The van der Waals surface area contributed by atoms with Gasteiger partial charge in [-0.15, -0.1) is 11.3 Å². The second kappa shape index (κ2) is 8.46. The average molecular weight is 350 g/mol. The standard InChI is InChI=1S/C17H26N4O2S/c22-17(20-16-19-13(11-18-23)12-24-16)21(14-7-3-1-4-8-14)15-9-5-2-6-10-15/h11-12,14-15,23H,1-10H2,(H,19,20,22)/b18-11-. The maximum atomic E-state index is 13.0. The summed E-state index contributed by atoms with van der Waals surface area (Å²) in [6.45, 7) is 0. The molecule has 7 heteroatoms. The van der Waals surface area contributed by atoms with E-state index >= 15 is 0 Å². The summed E-state index contributed by atoms with van der Waals surface area (Å²) in [6, 6.07) is 0.705. The number of urea groups is 1. The third-order valence-corrected chi connectivity index (χ3v) is 5.87. The van der Waals surface area contributed by atoms with Gasteiger partial charge in [-0.1, -0.05) is 43.7 Å². The lowest BCUT2D eigenvalue weighted by Gasteiger charge is -2.41. The molecule has 2 amide bonds. The number of anilines is 1. The molecule has 0 spiro atoms. The molecule has 1 aromatic rings. The molecule has 2 saturated carbocycles. The zero-order valence-electron chi connectivity index (χ0n) is 14.0. The van der Waals surface area contributed by atoms with Crippen LogP contribution in [-0.2, 0) is 0 Å². The molecule has 1 heterocycles. The van der Waals surface area contributed by atoms with E-state index in [1.807, 2.05) is 0 Å². The predicted molar refractivity (Wildman–Crippen MR) is 96.1 cm³/mol. The molecule has 132 valence electrons. The van der Waals surface area contributed by atoms with Crippen LogP contribution in [0.5, 0.6) is 0 Å². The zero-order chi connectivity index (χ0) is 16.8. The minimum Gasteiger partial charge on any atom is -0.411 e. The lowest BCUT2D eigenvalue weighted by molar-refractivity contribution is 0.114. The van der Waals surface area contributed by atoms with Gasteiger partial charge >= 0.3 is 6.03 Å². The molecule has 2 aliphatic carbocycles. The fourth-order valence-electron chi connectivity index (χ4n) is 3.97. The largest absolute Gasteiger partial charge is 0.411 e. The molecule has 0 radical (unpaired) electrons. The van der Waals surface area contributed by atoms with E-state index in [0.717, 1.165) is 25.7 Å². The van der Waals surface area contributed by atoms with Crippen molar-refractivity contribution < 1.29 is 10.0 Å². The number of aromatic nitrogens is 1. The van der Waals surface area contributed by atoms with Gasteiger partial charge in [-0.05, 0) is 25.7 Å². The van der Waals surface area contributed by atoms with Gasteiger partial charge in [0, 0.05) is 17.5 Å². The van der Waals surface area contributed by atoms with Crippen LogP contribution < -0.4 is 5.32 Å². The van der Waals surface area contributed by atoms with Crippen LogP contribution in [0.2, 0.25) is 0 Å². The Morgan fingerprint density at radius 1 is 1.17 bits per heavy atom. The fourth-order valence-corrected chi connectivity index (χ4v) is 4.62. The van der Waals surface area contributed by atoms with Gasteiger partial charge in [-0.3, -0.25) is 5.32 Å². The van der Waals surface area contributed by atoms with Crippen molar-refractivity contribution in [2.45, 2.75) is 76.3 Å². The summed E-state index contributed by atoms with van der Waals surface area (Å²) in [5, 5.41) is 16.8. The van der Waals surface area contributed by atoms with Crippen LogP contribution in [0.15, 0.2) is 10.5 Å². The van der Waals surface area contributed by atoms with Gasteiger partial charge in [0.25, 0.3) is 0 Å². The Balaban J connectivity index is 1.71. The molecule has 0 unspecified atom stereocenters. The number of oxime groups is 1. The van der Waals surface area contributed by atoms with E-state index in [2.05, 4.69) is 20.4 Å². The second-order valence-electron chi connectivity index (χ2n) is 6.74. The van der Waals surface area contributed by atoms with Gasteiger partial charge < -0.3 is 10.1 Å². The summed E-state index contributed by atoms with van der Waals surface area (Å²) in [5.74, 6) is 0. The molecule has 0 aliphatic heterocycles. The normalized spacial score (nSPS) is 20.3. The third-order valence-electron chi connectivity index (χ3n) is 5.10. The first-order valence-corrected chi connectivity index (χ1v) is 9.88. The van der Waals surface area contributed by atoms with Gasteiger partial charge in [0.2, 0.25) is 0 Å². The summed E-state index contributed by atoms with van der Waals surface area (Å²) < 4.78 is 0. The monoisotopic (exact) mass is 350 g/mol. The van der Waals surface area contributed by atoms with Crippen molar-refractivity contribution in [1.29, 1.82) is 0 Å². The number of carbonyl (C=O) groups excluding carboxylic acids is 1. The highest BCUT2D eigenvalue weighted by Crippen LogP contribution is 2.31. The quantitative estimate of drug-likeness (QED) is 0.478. The molecule has 0 saturated heterocycles. The maximum Gasteiger partial charge on any atom is 0.324 e. The number of amides is 2. The Hall–Kier alpha value is -1.63. The molecule has 2 N–H and O–H groups in total. The Kier molecular flexibility index (Phi) is 6.07. The van der Waals surface area contributed by atoms with Gasteiger partial charge in [0.05, 0.1) is 11.9 Å². The van der Waals surface area contributed by atoms with Gasteiger partial charge in [-0.25, -0.2) is 9.78 Å². The fraction of sp³-hybridized carbons (Fsp3) is 0.706. The topological polar surface area (TPSA) is 77.8 Å². The molecule has 0 aromatic carbocycles. The van der Waals surface area contributed by atoms with Crippen molar-refractivity contribution in [3.05, 3.63) is 11.1 Å². The van der Waals surface area contributed by atoms with Crippen LogP contribution >= 0.6 is 11.3 Å². The molecule has 1 aromatic heterocycles. The average Bonchev–Trinajstić information content (AvgIpc) is 3.04. The number of nitrogens with zero attached hydrogens (tertiary/aromatic N) is 3. The molecular weight excluding hydrogens is 324 g/mol. The molecule has 24 heavy (non-hydrogen) atoms. The van der Waals surface area contributed by atoms with E-state index in [9.17, 15) is 4.79 Å². The summed E-state index contributed by atoms with van der Waals surface area (Å²) >= 11 is 1.36.